The van der Waals surface area contributed by atoms with Crippen molar-refractivity contribution in [1.82, 2.24) is 4.98 Å². The number of anilines is 1. The number of carbonyl (C=O) groups is 1. The van der Waals surface area contributed by atoms with E-state index in [-0.39, 0.29) is 5.02 Å². The minimum absolute atomic E-state index is 0.255. The van der Waals surface area contributed by atoms with Crippen molar-refractivity contribution in [1.29, 1.82) is 0 Å². The highest BCUT2D eigenvalue weighted by Crippen LogP contribution is 2.37. The number of thiophene rings is 1. The minimum Gasteiger partial charge on any atom is -0.385 e. The topological polar surface area (TPSA) is 91.6 Å². The maximum atomic E-state index is 12.6. The maximum absolute atomic E-state index is 12.6. The largest absolute Gasteiger partial charge is 0.385 e. The standard InChI is InChI=1S/C19H22ClN3O3S2/c1-19(2,25)15-9-12(20)17(27-15)28(26)23-18(24)22-16-10-5-3-7-13(10)21-14-8-4-6-11(14)16/h9,25,28H,3-8H2,1-2H3,(H,21,22,24). The number of nitrogens with one attached hydrogen (secondary N) is 1. The summed E-state index contributed by atoms with van der Waals surface area (Å²) in [6.45, 7) is 3.25. The monoisotopic (exact) mass is 439 g/mol. The van der Waals surface area contributed by atoms with Gasteiger partial charge in [0, 0.05) is 16.3 Å². The van der Waals surface area contributed by atoms with Crippen LogP contribution < -0.4 is 5.32 Å². The Labute approximate surface area is 174 Å². The van der Waals surface area contributed by atoms with E-state index < -0.39 is 22.2 Å². The first kappa shape index (κ1) is 19.8. The van der Waals surface area contributed by atoms with Gasteiger partial charge in [0.2, 0.25) is 0 Å². The molecule has 2 aromatic rings. The molecule has 0 aromatic carbocycles. The Morgan fingerprint density at radius 3 is 2.39 bits per heavy atom. The summed E-state index contributed by atoms with van der Waals surface area (Å²) in [5.74, 6) is 0. The number of fused-ring (bicyclic) bond motifs is 2. The Bertz CT molecular complexity index is 1020. The van der Waals surface area contributed by atoms with Crippen LogP contribution in [0.5, 0.6) is 0 Å². The van der Waals surface area contributed by atoms with Gasteiger partial charge in [-0.3, -0.25) is 4.98 Å². The van der Waals surface area contributed by atoms with Crippen LogP contribution in [0.2, 0.25) is 5.02 Å². The van der Waals surface area contributed by atoms with Gasteiger partial charge >= 0.3 is 6.03 Å². The van der Waals surface area contributed by atoms with Gasteiger partial charge in [0.15, 0.2) is 0 Å². The predicted octanol–water partition coefficient (Wildman–Crippen LogP) is 4.26. The van der Waals surface area contributed by atoms with Crippen molar-refractivity contribution >= 4 is 45.3 Å². The van der Waals surface area contributed by atoms with Crippen molar-refractivity contribution < 1.29 is 14.1 Å². The van der Waals surface area contributed by atoms with Crippen LogP contribution in [0.3, 0.4) is 0 Å². The molecule has 0 bridgehead atoms. The highest BCUT2D eigenvalue weighted by molar-refractivity contribution is 7.78. The van der Waals surface area contributed by atoms with E-state index in [0.29, 0.717) is 9.09 Å². The summed E-state index contributed by atoms with van der Waals surface area (Å²) >= 11 is 7.27. The first-order valence-electron chi connectivity index (χ1n) is 9.29. The van der Waals surface area contributed by atoms with Crippen LogP contribution in [0.4, 0.5) is 10.5 Å². The molecule has 9 heteroatoms. The molecular formula is C19H22ClN3O3S2. The van der Waals surface area contributed by atoms with Gasteiger partial charge in [-0.15, -0.1) is 15.7 Å². The van der Waals surface area contributed by atoms with E-state index in [4.69, 9.17) is 16.6 Å². The number of aryl methyl sites for hydroxylation is 2. The molecule has 2 aliphatic rings. The van der Waals surface area contributed by atoms with Crippen molar-refractivity contribution in [2.24, 2.45) is 4.36 Å². The number of hydrogen-bond acceptors (Lipinski definition) is 5. The molecule has 0 spiro atoms. The van der Waals surface area contributed by atoms with Crippen LogP contribution in [0.25, 0.3) is 0 Å². The summed E-state index contributed by atoms with van der Waals surface area (Å²) in [6.07, 6.45) is 5.71. The van der Waals surface area contributed by atoms with Crippen molar-refractivity contribution in [2.75, 3.05) is 5.32 Å². The molecule has 6 nitrogen and oxygen atoms in total. The molecule has 0 fully saturated rings. The van der Waals surface area contributed by atoms with E-state index in [2.05, 4.69) is 9.68 Å². The molecule has 28 heavy (non-hydrogen) atoms. The number of thiol groups is 1. The fourth-order valence-electron chi connectivity index (χ4n) is 3.79. The third-order valence-corrected chi connectivity index (χ3v) is 8.60. The Morgan fingerprint density at radius 1 is 1.25 bits per heavy atom. The fraction of sp³-hybridized carbons (Fsp3) is 0.474. The normalized spacial score (nSPS) is 16.9. The summed E-state index contributed by atoms with van der Waals surface area (Å²) in [5.41, 5.74) is 4.05. The number of nitrogens with zero attached hydrogens (tertiary/aromatic N) is 2. The number of urea groups is 1. The molecule has 0 radical (unpaired) electrons. The second-order valence-corrected chi connectivity index (χ2v) is 10.6. The molecule has 0 aliphatic heterocycles. The van der Waals surface area contributed by atoms with E-state index in [0.717, 1.165) is 78.1 Å². The number of carbonyl (C=O) groups excluding carboxylic acids is 1. The second-order valence-electron chi connectivity index (χ2n) is 7.67. The number of rotatable bonds is 3. The van der Waals surface area contributed by atoms with E-state index in [1.54, 1.807) is 19.9 Å². The van der Waals surface area contributed by atoms with Crippen LogP contribution in [0.1, 0.15) is 54.1 Å². The van der Waals surface area contributed by atoms with Crippen molar-refractivity contribution in [3.63, 3.8) is 0 Å². The lowest BCUT2D eigenvalue weighted by molar-refractivity contribution is 0.0825. The first-order valence-corrected chi connectivity index (χ1v) is 11.7. The molecule has 1 atom stereocenters. The zero-order chi connectivity index (χ0) is 20.1. The molecule has 2 N–H and O–H groups in total. The summed E-state index contributed by atoms with van der Waals surface area (Å²) < 4.78 is 16.8. The number of halogens is 1. The molecule has 0 saturated heterocycles. The van der Waals surface area contributed by atoms with Crippen molar-refractivity contribution in [2.45, 2.75) is 62.2 Å². The molecule has 4 rings (SSSR count). The zero-order valence-electron chi connectivity index (χ0n) is 15.7. The molecule has 0 saturated carbocycles. The maximum Gasteiger partial charge on any atom is 0.353 e. The van der Waals surface area contributed by atoms with Crippen molar-refractivity contribution in [3.05, 3.63) is 38.5 Å². The number of aliphatic hydroxyl groups is 1. The van der Waals surface area contributed by atoms with Gasteiger partial charge in [-0.2, -0.15) is 0 Å². The van der Waals surface area contributed by atoms with Crippen LogP contribution in [-0.4, -0.2) is 20.3 Å². The molecule has 150 valence electrons. The first-order chi connectivity index (χ1) is 13.2. The molecular weight excluding hydrogens is 418 g/mol. The highest BCUT2D eigenvalue weighted by atomic mass is 35.5. The van der Waals surface area contributed by atoms with Crippen LogP contribution >= 0.6 is 22.9 Å². The summed E-state index contributed by atoms with van der Waals surface area (Å²) in [6, 6.07) is 0.940. The highest BCUT2D eigenvalue weighted by Gasteiger charge is 2.26. The van der Waals surface area contributed by atoms with Crippen LogP contribution in [0.15, 0.2) is 14.6 Å². The summed E-state index contributed by atoms with van der Waals surface area (Å²) in [5, 5.41) is 13.2. The molecule has 1 unspecified atom stereocenters. The number of pyridine rings is 1. The van der Waals surface area contributed by atoms with E-state index in [9.17, 15) is 14.1 Å². The smallest absolute Gasteiger partial charge is 0.353 e. The number of amides is 2. The molecule has 2 amide bonds. The quantitative estimate of drug-likeness (QED) is 0.623. The average Bonchev–Trinajstić information content (AvgIpc) is 3.32. The minimum atomic E-state index is -2.35. The van der Waals surface area contributed by atoms with Gasteiger partial charge in [-0.05, 0) is 69.6 Å². The van der Waals surface area contributed by atoms with E-state index >= 15 is 0 Å². The van der Waals surface area contributed by atoms with Gasteiger partial charge < -0.3 is 10.4 Å². The van der Waals surface area contributed by atoms with Gasteiger partial charge in [0.05, 0.1) is 26.9 Å². The fourth-order valence-corrected chi connectivity index (χ4v) is 6.37. The third kappa shape index (κ3) is 3.70. The summed E-state index contributed by atoms with van der Waals surface area (Å²) in [7, 11) is -2.35. The van der Waals surface area contributed by atoms with Gasteiger partial charge in [0.1, 0.15) is 4.21 Å². The van der Waals surface area contributed by atoms with Gasteiger partial charge in [-0.25, -0.2) is 9.00 Å². The van der Waals surface area contributed by atoms with Gasteiger partial charge in [-0.1, -0.05) is 11.6 Å². The average molecular weight is 440 g/mol. The van der Waals surface area contributed by atoms with Gasteiger partial charge in [0.25, 0.3) is 0 Å². The number of aromatic nitrogens is 1. The number of hydrogen-bond donors (Lipinski definition) is 3. The lowest BCUT2D eigenvalue weighted by atomic mass is 10.1. The van der Waals surface area contributed by atoms with Crippen molar-refractivity contribution in [3.8, 4) is 0 Å². The Hall–Kier alpha value is -1.48. The van der Waals surface area contributed by atoms with Crippen LogP contribution in [-0.2, 0) is 41.9 Å². The lowest BCUT2D eigenvalue weighted by Gasteiger charge is -2.14. The molecule has 2 heterocycles. The Morgan fingerprint density at radius 2 is 1.86 bits per heavy atom. The predicted molar refractivity (Wildman–Crippen MR) is 112 cm³/mol. The summed E-state index contributed by atoms with van der Waals surface area (Å²) in [4.78, 5) is 17.9. The Kier molecular flexibility index (Phi) is 5.24. The Balaban J connectivity index is 1.62. The second kappa shape index (κ2) is 7.40. The third-order valence-electron chi connectivity index (χ3n) is 5.11. The zero-order valence-corrected chi connectivity index (χ0v) is 18.2. The van der Waals surface area contributed by atoms with E-state index in [1.165, 1.54) is 0 Å². The van der Waals surface area contributed by atoms with Crippen LogP contribution in [0, 0.1) is 0 Å². The molecule has 2 aromatic heterocycles. The molecule has 2 aliphatic carbocycles. The lowest BCUT2D eigenvalue weighted by Crippen LogP contribution is -2.13. The van der Waals surface area contributed by atoms with E-state index in [1.807, 2.05) is 0 Å². The SMILES string of the molecule is CC(C)(O)c1cc(Cl)c(/[SH](=O)=N/C(=O)Nc2c3c(nc4c2CCC4)CCC3)s1.